The molecule has 1 aliphatic heterocycles. The summed E-state index contributed by atoms with van der Waals surface area (Å²) >= 11 is 12.2. The zero-order chi connectivity index (χ0) is 14.8. The fourth-order valence-electron chi connectivity index (χ4n) is 2.48. The molecule has 108 valence electrons. The molecule has 2 aromatic rings. The summed E-state index contributed by atoms with van der Waals surface area (Å²) in [7, 11) is 0. The second kappa shape index (κ2) is 6.06. The molecule has 1 amide bonds. The summed E-state index contributed by atoms with van der Waals surface area (Å²) in [6.07, 6.45) is 0. The molecule has 0 saturated heterocycles. The number of hydrogen-bond donors (Lipinski definition) is 1. The molecule has 0 radical (unpaired) electrons. The van der Waals surface area contributed by atoms with Crippen molar-refractivity contribution >= 4 is 34.8 Å². The van der Waals surface area contributed by atoms with Gasteiger partial charge in [0, 0.05) is 25.3 Å². The van der Waals surface area contributed by atoms with Gasteiger partial charge in [-0.05, 0) is 23.8 Å². The third-order valence-corrected chi connectivity index (χ3v) is 4.36. The summed E-state index contributed by atoms with van der Waals surface area (Å²) in [6, 6.07) is 13.0. The van der Waals surface area contributed by atoms with Crippen LogP contribution in [0.5, 0.6) is 0 Å². The van der Waals surface area contributed by atoms with E-state index in [1.54, 1.807) is 23.1 Å². The number of amides is 1. The molecule has 1 N–H and O–H groups in total. The highest BCUT2D eigenvalue weighted by Gasteiger charge is 2.24. The topological polar surface area (TPSA) is 32.3 Å². The quantitative estimate of drug-likeness (QED) is 0.868. The number of nitrogens with zero attached hydrogens (tertiary/aromatic N) is 1. The summed E-state index contributed by atoms with van der Waals surface area (Å²) in [6.45, 7) is 2.08. The lowest BCUT2D eigenvalue weighted by atomic mass is 10.1. The molecule has 0 saturated carbocycles. The predicted octanol–water partition coefficient (Wildman–Crippen LogP) is 3.74. The van der Waals surface area contributed by atoms with E-state index in [2.05, 4.69) is 5.32 Å². The molecule has 0 aliphatic carbocycles. The second-order valence-corrected chi connectivity index (χ2v) is 5.65. The summed E-state index contributed by atoms with van der Waals surface area (Å²) < 4.78 is 0. The third-order valence-electron chi connectivity index (χ3n) is 3.54. The van der Waals surface area contributed by atoms with Crippen LogP contribution in [0, 0.1) is 0 Å². The van der Waals surface area contributed by atoms with E-state index < -0.39 is 0 Å². The number of carbonyl (C=O) groups is 1. The molecule has 0 spiro atoms. The van der Waals surface area contributed by atoms with Crippen LogP contribution in [-0.2, 0) is 6.54 Å². The van der Waals surface area contributed by atoms with Crippen molar-refractivity contribution in [3.8, 4) is 0 Å². The van der Waals surface area contributed by atoms with Gasteiger partial charge in [0.1, 0.15) is 0 Å². The van der Waals surface area contributed by atoms with Gasteiger partial charge in [0.25, 0.3) is 5.91 Å². The molecule has 21 heavy (non-hydrogen) atoms. The average Bonchev–Trinajstić information content (AvgIpc) is 2.72. The molecule has 3 rings (SSSR count). The van der Waals surface area contributed by atoms with Gasteiger partial charge in [-0.3, -0.25) is 4.79 Å². The number of para-hydroxylation sites is 1. The van der Waals surface area contributed by atoms with E-state index >= 15 is 0 Å². The number of rotatable bonds is 1. The van der Waals surface area contributed by atoms with E-state index in [9.17, 15) is 4.79 Å². The lowest BCUT2D eigenvalue weighted by Gasteiger charge is -2.23. The Labute approximate surface area is 133 Å². The minimum Gasteiger partial charge on any atom is -0.311 e. The van der Waals surface area contributed by atoms with Crippen LogP contribution in [0.15, 0.2) is 42.5 Å². The number of fused-ring (bicyclic) bond motifs is 1. The van der Waals surface area contributed by atoms with Crippen molar-refractivity contribution < 1.29 is 4.79 Å². The van der Waals surface area contributed by atoms with Gasteiger partial charge in [-0.2, -0.15) is 0 Å². The van der Waals surface area contributed by atoms with Gasteiger partial charge in [0.15, 0.2) is 0 Å². The Morgan fingerprint density at radius 3 is 2.76 bits per heavy atom. The van der Waals surface area contributed by atoms with E-state index in [1.165, 1.54) is 0 Å². The van der Waals surface area contributed by atoms with E-state index in [-0.39, 0.29) is 5.91 Å². The van der Waals surface area contributed by atoms with Crippen LogP contribution in [0.4, 0.5) is 5.69 Å². The number of halogens is 2. The lowest BCUT2D eigenvalue weighted by Crippen LogP contribution is -2.34. The van der Waals surface area contributed by atoms with Gasteiger partial charge < -0.3 is 10.2 Å². The van der Waals surface area contributed by atoms with Gasteiger partial charge in [0.05, 0.1) is 15.6 Å². The maximum absolute atomic E-state index is 12.8. The first kappa shape index (κ1) is 14.4. The normalized spacial score (nSPS) is 14.5. The maximum Gasteiger partial charge on any atom is 0.259 e. The molecule has 0 unspecified atom stereocenters. The third kappa shape index (κ3) is 2.77. The van der Waals surface area contributed by atoms with Gasteiger partial charge in [-0.25, -0.2) is 0 Å². The van der Waals surface area contributed by atoms with Crippen molar-refractivity contribution in [1.29, 1.82) is 0 Å². The van der Waals surface area contributed by atoms with E-state index in [0.717, 1.165) is 24.3 Å². The van der Waals surface area contributed by atoms with Crippen molar-refractivity contribution in [3.63, 3.8) is 0 Å². The van der Waals surface area contributed by atoms with Crippen LogP contribution >= 0.6 is 23.2 Å². The Morgan fingerprint density at radius 1 is 1.10 bits per heavy atom. The standard InChI is InChI=1S/C16H14Cl2N2O/c17-13-6-3-5-12(15(13)18)16(21)20-9-8-19-10-11-4-1-2-7-14(11)20/h1-7,19H,8-10H2. The number of anilines is 1. The van der Waals surface area contributed by atoms with Crippen molar-refractivity contribution in [2.75, 3.05) is 18.0 Å². The molecule has 1 aliphatic rings. The van der Waals surface area contributed by atoms with E-state index in [0.29, 0.717) is 22.2 Å². The molecule has 0 atom stereocenters. The number of carbonyl (C=O) groups excluding carboxylic acids is 1. The average molecular weight is 321 g/mol. The van der Waals surface area contributed by atoms with Crippen LogP contribution in [0.25, 0.3) is 0 Å². The van der Waals surface area contributed by atoms with Gasteiger partial charge in [-0.15, -0.1) is 0 Å². The van der Waals surface area contributed by atoms with E-state index in [1.807, 2.05) is 24.3 Å². The SMILES string of the molecule is O=C(c1cccc(Cl)c1Cl)N1CCNCc2ccccc21. The lowest BCUT2D eigenvalue weighted by molar-refractivity contribution is 0.0987. The fraction of sp³-hybridized carbons (Fsp3) is 0.188. The molecule has 3 nitrogen and oxygen atoms in total. The van der Waals surface area contributed by atoms with E-state index in [4.69, 9.17) is 23.2 Å². The maximum atomic E-state index is 12.8. The van der Waals surface area contributed by atoms with Gasteiger partial charge >= 0.3 is 0 Å². The minimum absolute atomic E-state index is 0.126. The first-order chi connectivity index (χ1) is 10.2. The Kier molecular flexibility index (Phi) is 4.15. The first-order valence-corrected chi connectivity index (χ1v) is 7.48. The van der Waals surface area contributed by atoms with Gasteiger partial charge in [0.2, 0.25) is 0 Å². The molecule has 0 aromatic heterocycles. The molecule has 0 fully saturated rings. The molecule has 5 heteroatoms. The highest BCUT2D eigenvalue weighted by atomic mass is 35.5. The largest absolute Gasteiger partial charge is 0.311 e. The Bertz CT molecular complexity index is 688. The molecular weight excluding hydrogens is 307 g/mol. The second-order valence-electron chi connectivity index (χ2n) is 4.86. The number of hydrogen-bond acceptors (Lipinski definition) is 2. The molecule has 2 aromatic carbocycles. The van der Waals surface area contributed by atoms with Crippen LogP contribution < -0.4 is 10.2 Å². The highest BCUT2D eigenvalue weighted by molar-refractivity contribution is 6.44. The Balaban J connectivity index is 2.03. The van der Waals surface area contributed by atoms with Crippen LogP contribution in [-0.4, -0.2) is 19.0 Å². The summed E-state index contributed by atoms with van der Waals surface area (Å²) in [5.41, 5.74) is 2.45. The van der Waals surface area contributed by atoms with Crippen LogP contribution in [0.2, 0.25) is 10.0 Å². The Hall–Kier alpha value is -1.55. The molecular formula is C16H14Cl2N2O. The van der Waals surface area contributed by atoms with Crippen LogP contribution in [0.1, 0.15) is 15.9 Å². The highest BCUT2D eigenvalue weighted by Crippen LogP contribution is 2.29. The summed E-state index contributed by atoms with van der Waals surface area (Å²) in [4.78, 5) is 14.6. The Morgan fingerprint density at radius 2 is 1.90 bits per heavy atom. The minimum atomic E-state index is -0.126. The number of benzene rings is 2. The van der Waals surface area contributed by atoms with Crippen molar-refractivity contribution in [1.82, 2.24) is 5.32 Å². The predicted molar refractivity (Wildman–Crippen MR) is 86.3 cm³/mol. The monoisotopic (exact) mass is 320 g/mol. The molecule has 1 heterocycles. The van der Waals surface area contributed by atoms with Crippen molar-refractivity contribution in [3.05, 3.63) is 63.6 Å². The summed E-state index contributed by atoms with van der Waals surface area (Å²) in [5, 5.41) is 4.01. The van der Waals surface area contributed by atoms with Crippen molar-refractivity contribution in [2.45, 2.75) is 6.54 Å². The van der Waals surface area contributed by atoms with Gasteiger partial charge in [-0.1, -0.05) is 47.5 Å². The van der Waals surface area contributed by atoms with Crippen LogP contribution in [0.3, 0.4) is 0 Å². The molecule has 0 bridgehead atoms. The zero-order valence-corrected chi connectivity index (χ0v) is 12.8. The smallest absolute Gasteiger partial charge is 0.259 e. The fourth-order valence-corrected chi connectivity index (χ4v) is 2.86. The zero-order valence-electron chi connectivity index (χ0n) is 11.3. The van der Waals surface area contributed by atoms with Crippen molar-refractivity contribution in [2.24, 2.45) is 0 Å². The number of nitrogens with one attached hydrogen (secondary N) is 1. The first-order valence-electron chi connectivity index (χ1n) is 6.73. The summed E-state index contributed by atoms with van der Waals surface area (Å²) in [5.74, 6) is -0.126.